The van der Waals surface area contributed by atoms with E-state index < -0.39 is 15.6 Å². The molecule has 1 heterocycles. The van der Waals surface area contributed by atoms with E-state index in [0.717, 1.165) is 12.8 Å². The lowest BCUT2D eigenvalue weighted by Gasteiger charge is -2.14. The summed E-state index contributed by atoms with van der Waals surface area (Å²) in [6.07, 6.45) is 1.54. The Morgan fingerprint density at radius 3 is 2.45 bits per heavy atom. The number of fused-ring (bicyclic) bond motifs is 1. The Hall–Kier alpha value is -3.17. The second kappa shape index (κ2) is 10.2. The molecule has 0 atom stereocenters. The van der Waals surface area contributed by atoms with Crippen LogP contribution < -0.4 is 21.3 Å². The fraction of sp³-hybridized carbons (Fsp3) is 0.273. The largest absolute Gasteiger partial charge is 0.355 e. The van der Waals surface area contributed by atoms with E-state index >= 15 is 0 Å². The number of unbranched alkanes of at least 4 members (excludes halogenated alkanes) is 1. The van der Waals surface area contributed by atoms with Gasteiger partial charge in [0.25, 0.3) is 5.56 Å². The van der Waals surface area contributed by atoms with Crippen LogP contribution in [-0.4, -0.2) is 32.0 Å². The average molecular weight is 443 g/mol. The topological polar surface area (TPSA) is 123 Å². The third kappa shape index (κ3) is 6.16. The van der Waals surface area contributed by atoms with Crippen LogP contribution in [0.4, 0.5) is 5.69 Å². The number of anilines is 1. The number of carbonyl (C=O) groups excluding carboxylic acids is 1. The Bertz CT molecular complexity index is 1210. The molecular weight excluding hydrogens is 416 g/mol. The zero-order chi connectivity index (χ0) is 22.3. The summed E-state index contributed by atoms with van der Waals surface area (Å²) in [5, 5.41) is 3.41. The number of pyridine rings is 1. The van der Waals surface area contributed by atoms with Crippen LogP contribution in [0, 0.1) is 0 Å². The molecule has 0 aliphatic heterocycles. The number of nitrogens with zero attached hydrogens (tertiary/aromatic N) is 1. The molecule has 0 fully saturated rings. The fourth-order valence-corrected chi connectivity index (χ4v) is 4.44. The highest BCUT2D eigenvalue weighted by atomic mass is 32.2. The Morgan fingerprint density at radius 1 is 1.00 bits per heavy atom. The maximum Gasteiger partial charge on any atom is 0.275 e. The number of benzene rings is 2. The van der Waals surface area contributed by atoms with Crippen molar-refractivity contribution in [2.24, 2.45) is 5.73 Å². The molecule has 0 unspecified atom stereocenters. The van der Waals surface area contributed by atoms with Gasteiger partial charge in [0.15, 0.2) is 0 Å². The minimum Gasteiger partial charge on any atom is -0.355 e. The lowest BCUT2D eigenvalue weighted by Crippen LogP contribution is -2.34. The van der Waals surface area contributed by atoms with E-state index in [9.17, 15) is 18.0 Å². The first-order valence-corrected chi connectivity index (χ1v) is 11.7. The molecule has 8 nitrogen and oxygen atoms in total. The third-order valence-corrected chi connectivity index (χ3v) is 5.97. The van der Waals surface area contributed by atoms with E-state index in [1.54, 1.807) is 54.6 Å². The first kappa shape index (κ1) is 22.5. The molecule has 164 valence electrons. The van der Waals surface area contributed by atoms with E-state index in [1.807, 2.05) is 0 Å². The monoisotopic (exact) mass is 442 g/mol. The van der Waals surface area contributed by atoms with Crippen LogP contribution in [0.2, 0.25) is 0 Å². The summed E-state index contributed by atoms with van der Waals surface area (Å²) < 4.78 is 29.0. The van der Waals surface area contributed by atoms with Gasteiger partial charge in [0.05, 0.1) is 11.3 Å². The molecular formula is C22H26N4O4S. The molecule has 3 rings (SSSR count). The van der Waals surface area contributed by atoms with Crippen molar-refractivity contribution < 1.29 is 13.2 Å². The third-order valence-electron chi connectivity index (χ3n) is 4.72. The number of nitrogens with one attached hydrogen (secondary N) is 2. The summed E-state index contributed by atoms with van der Waals surface area (Å²) in [7, 11) is -3.82. The zero-order valence-corrected chi connectivity index (χ0v) is 17.9. The number of nitrogens with two attached hydrogens (primary N) is 1. The second-order valence-corrected chi connectivity index (χ2v) is 8.92. The van der Waals surface area contributed by atoms with Gasteiger partial charge in [-0.3, -0.25) is 18.9 Å². The van der Waals surface area contributed by atoms with Gasteiger partial charge in [0.2, 0.25) is 15.9 Å². The molecule has 0 spiro atoms. The maximum absolute atomic E-state index is 13.1. The first-order chi connectivity index (χ1) is 14.9. The summed E-state index contributed by atoms with van der Waals surface area (Å²) in [6.45, 7) is 0.799. The molecule has 3 aromatic rings. The van der Waals surface area contributed by atoms with Crippen molar-refractivity contribution in [3.05, 3.63) is 76.6 Å². The fourth-order valence-electron chi connectivity index (χ4n) is 3.25. The first-order valence-electron chi connectivity index (χ1n) is 10.0. The quantitative estimate of drug-likeness (QED) is 0.413. The number of para-hydroxylation sites is 1. The van der Waals surface area contributed by atoms with Crippen molar-refractivity contribution in [1.82, 2.24) is 9.88 Å². The lowest BCUT2D eigenvalue weighted by atomic mass is 10.2. The Balaban J connectivity index is 1.88. The number of sulfonamides is 1. The normalized spacial score (nSPS) is 11.4. The van der Waals surface area contributed by atoms with Crippen LogP contribution in [0.25, 0.3) is 10.9 Å². The number of rotatable bonds is 10. The predicted molar refractivity (Wildman–Crippen MR) is 122 cm³/mol. The van der Waals surface area contributed by atoms with Gasteiger partial charge in [0.1, 0.15) is 12.2 Å². The number of carbonyl (C=O) groups is 1. The average Bonchev–Trinajstić information content (AvgIpc) is 2.74. The van der Waals surface area contributed by atoms with Gasteiger partial charge in [-0.05, 0) is 37.1 Å². The predicted octanol–water partition coefficient (Wildman–Crippen LogP) is 1.80. The number of aromatic nitrogens is 1. The molecule has 0 aliphatic rings. The summed E-state index contributed by atoms with van der Waals surface area (Å²) >= 11 is 0. The van der Waals surface area contributed by atoms with E-state index in [0.29, 0.717) is 29.6 Å². The molecule has 0 aliphatic carbocycles. The minimum atomic E-state index is -3.82. The van der Waals surface area contributed by atoms with E-state index in [2.05, 4.69) is 10.0 Å². The van der Waals surface area contributed by atoms with Crippen LogP contribution in [0.5, 0.6) is 0 Å². The smallest absolute Gasteiger partial charge is 0.275 e. The highest BCUT2D eigenvalue weighted by Crippen LogP contribution is 2.17. The van der Waals surface area contributed by atoms with Gasteiger partial charge >= 0.3 is 0 Å². The van der Waals surface area contributed by atoms with E-state index in [-0.39, 0.29) is 23.9 Å². The molecule has 0 saturated carbocycles. The molecule has 0 radical (unpaired) electrons. The SMILES string of the molecule is NCCCCNC(=O)Cn1c(=O)c(NS(=O)(=O)Cc2ccccc2)cc2ccccc21. The van der Waals surface area contributed by atoms with Gasteiger partial charge < -0.3 is 11.1 Å². The van der Waals surface area contributed by atoms with E-state index in [4.69, 9.17) is 5.73 Å². The Labute approximate surface area is 181 Å². The molecule has 0 saturated heterocycles. The highest BCUT2D eigenvalue weighted by Gasteiger charge is 2.17. The standard InChI is InChI=1S/C22H26N4O4S/c23-12-6-7-13-24-21(27)15-26-20-11-5-4-10-18(20)14-19(22(26)28)25-31(29,30)16-17-8-2-1-3-9-17/h1-5,8-11,14,25H,6-7,12-13,15-16,23H2,(H,24,27). The number of amides is 1. The summed E-state index contributed by atoms with van der Waals surface area (Å²) in [6, 6.07) is 17.2. The van der Waals surface area contributed by atoms with Crippen LogP contribution >= 0.6 is 0 Å². The van der Waals surface area contributed by atoms with Crippen LogP contribution in [-0.2, 0) is 27.1 Å². The van der Waals surface area contributed by atoms with Gasteiger partial charge in [-0.25, -0.2) is 8.42 Å². The summed E-state index contributed by atoms with van der Waals surface area (Å²) in [5.41, 5.74) is 5.94. The summed E-state index contributed by atoms with van der Waals surface area (Å²) in [5.74, 6) is -0.588. The molecule has 0 bridgehead atoms. The van der Waals surface area contributed by atoms with Crippen LogP contribution in [0.15, 0.2) is 65.5 Å². The molecule has 4 N–H and O–H groups in total. The van der Waals surface area contributed by atoms with Gasteiger partial charge in [-0.2, -0.15) is 0 Å². The summed E-state index contributed by atoms with van der Waals surface area (Å²) in [4.78, 5) is 25.4. The van der Waals surface area contributed by atoms with Gasteiger partial charge in [-0.1, -0.05) is 48.5 Å². The molecule has 1 amide bonds. The van der Waals surface area contributed by atoms with Crippen LogP contribution in [0.3, 0.4) is 0 Å². The highest BCUT2D eigenvalue weighted by molar-refractivity contribution is 7.91. The number of hydrogen-bond donors (Lipinski definition) is 3. The molecule has 31 heavy (non-hydrogen) atoms. The molecule has 9 heteroatoms. The molecule has 1 aromatic heterocycles. The van der Waals surface area contributed by atoms with Crippen molar-refractivity contribution in [2.75, 3.05) is 17.8 Å². The zero-order valence-electron chi connectivity index (χ0n) is 17.1. The minimum absolute atomic E-state index is 0.0921. The van der Waals surface area contributed by atoms with Crippen molar-refractivity contribution >= 4 is 32.5 Å². The van der Waals surface area contributed by atoms with Crippen molar-refractivity contribution in [3.63, 3.8) is 0 Å². The lowest BCUT2D eigenvalue weighted by molar-refractivity contribution is -0.121. The van der Waals surface area contributed by atoms with Gasteiger partial charge in [0, 0.05) is 11.9 Å². The van der Waals surface area contributed by atoms with Crippen LogP contribution in [0.1, 0.15) is 18.4 Å². The Kier molecular flexibility index (Phi) is 7.43. The van der Waals surface area contributed by atoms with Crippen molar-refractivity contribution in [3.8, 4) is 0 Å². The number of hydrogen-bond acceptors (Lipinski definition) is 5. The maximum atomic E-state index is 13.1. The van der Waals surface area contributed by atoms with Crippen molar-refractivity contribution in [1.29, 1.82) is 0 Å². The van der Waals surface area contributed by atoms with Gasteiger partial charge in [-0.15, -0.1) is 0 Å². The van der Waals surface area contributed by atoms with Crippen molar-refractivity contribution in [2.45, 2.75) is 25.1 Å². The second-order valence-electron chi connectivity index (χ2n) is 7.20. The van der Waals surface area contributed by atoms with E-state index in [1.165, 1.54) is 10.6 Å². The molecule has 2 aromatic carbocycles. The Morgan fingerprint density at radius 2 is 1.71 bits per heavy atom.